The number of rotatable bonds is 5. The Balaban J connectivity index is 1.99. The second kappa shape index (κ2) is 5.79. The van der Waals surface area contributed by atoms with E-state index in [0.29, 0.717) is 29.3 Å². The smallest absolute Gasteiger partial charge is 0.253 e. The van der Waals surface area contributed by atoms with E-state index in [1.165, 1.54) is 0 Å². The first-order chi connectivity index (χ1) is 9.11. The maximum absolute atomic E-state index is 12.0. The van der Waals surface area contributed by atoms with Crippen LogP contribution in [0.4, 0.5) is 5.69 Å². The highest BCUT2D eigenvalue weighted by Crippen LogP contribution is 2.35. The Morgan fingerprint density at radius 1 is 1.42 bits per heavy atom. The minimum atomic E-state index is -0.194. The molecule has 3 N–H and O–H groups in total. The lowest BCUT2D eigenvalue weighted by Crippen LogP contribution is -2.33. The highest BCUT2D eigenvalue weighted by molar-refractivity contribution is 6.00. The van der Waals surface area contributed by atoms with E-state index >= 15 is 0 Å². The van der Waals surface area contributed by atoms with Crippen molar-refractivity contribution in [1.82, 2.24) is 10.2 Å². The van der Waals surface area contributed by atoms with Gasteiger partial charge in [0, 0.05) is 24.8 Å². The highest BCUT2D eigenvalue weighted by atomic mass is 16.7. The summed E-state index contributed by atoms with van der Waals surface area (Å²) in [7, 11) is 2.00. The molecule has 0 radical (unpaired) electrons. The molecule has 0 aliphatic carbocycles. The third-order valence-corrected chi connectivity index (χ3v) is 3.11. The zero-order chi connectivity index (χ0) is 13.8. The van der Waals surface area contributed by atoms with Crippen LogP contribution in [0.5, 0.6) is 11.5 Å². The Morgan fingerprint density at radius 3 is 2.79 bits per heavy atom. The number of nitrogen functional groups attached to an aromatic ring is 1. The first-order valence-electron chi connectivity index (χ1n) is 6.27. The quantitative estimate of drug-likeness (QED) is 0.766. The summed E-state index contributed by atoms with van der Waals surface area (Å²) in [4.78, 5) is 14.1. The van der Waals surface area contributed by atoms with Crippen molar-refractivity contribution in [2.75, 3.05) is 39.2 Å². The van der Waals surface area contributed by atoms with E-state index < -0.39 is 0 Å². The summed E-state index contributed by atoms with van der Waals surface area (Å²) in [6.45, 7) is 4.56. The van der Waals surface area contributed by atoms with Gasteiger partial charge in [0.15, 0.2) is 11.5 Å². The van der Waals surface area contributed by atoms with Crippen LogP contribution < -0.4 is 20.5 Å². The van der Waals surface area contributed by atoms with E-state index in [9.17, 15) is 4.79 Å². The van der Waals surface area contributed by atoms with Gasteiger partial charge in [0.05, 0.1) is 5.56 Å². The summed E-state index contributed by atoms with van der Waals surface area (Å²) < 4.78 is 10.4. The zero-order valence-corrected chi connectivity index (χ0v) is 11.2. The lowest BCUT2D eigenvalue weighted by atomic mass is 10.1. The molecule has 1 aliphatic heterocycles. The highest BCUT2D eigenvalue weighted by Gasteiger charge is 2.19. The van der Waals surface area contributed by atoms with Crippen LogP contribution in [0, 0.1) is 0 Å². The van der Waals surface area contributed by atoms with E-state index in [1.807, 2.05) is 7.05 Å². The Labute approximate surface area is 112 Å². The molecule has 6 nitrogen and oxygen atoms in total. The molecule has 0 bridgehead atoms. The predicted molar refractivity (Wildman–Crippen MR) is 72.5 cm³/mol. The molecule has 0 saturated heterocycles. The van der Waals surface area contributed by atoms with E-state index in [2.05, 4.69) is 17.1 Å². The number of nitrogens with one attached hydrogen (secondary N) is 1. The molecule has 104 valence electrons. The molecule has 0 spiro atoms. The number of likely N-dealkylation sites (N-methyl/N-ethyl adjacent to an activating group) is 1. The van der Waals surface area contributed by atoms with Gasteiger partial charge >= 0.3 is 0 Å². The molecule has 2 rings (SSSR count). The minimum absolute atomic E-state index is 0.168. The Kier molecular flexibility index (Phi) is 4.11. The van der Waals surface area contributed by atoms with E-state index in [1.54, 1.807) is 12.1 Å². The van der Waals surface area contributed by atoms with E-state index in [0.717, 1.165) is 13.1 Å². The predicted octanol–water partition coefficient (Wildman–Crippen LogP) is 0.679. The van der Waals surface area contributed by atoms with Crippen LogP contribution in [-0.2, 0) is 0 Å². The number of ether oxygens (including phenoxy) is 2. The molecular weight excluding hydrogens is 246 g/mol. The van der Waals surface area contributed by atoms with Crippen molar-refractivity contribution in [1.29, 1.82) is 0 Å². The molecule has 0 aromatic heterocycles. The van der Waals surface area contributed by atoms with Gasteiger partial charge in [-0.2, -0.15) is 0 Å². The molecule has 1 aromatic carbocycles. The van der Waals surface area contributed by atoms with Crippen LogP contribution in [0.15, 0.2) is 12.1 Å². The van der Waals surface area contributed by atoms with Crippen LogP contribution in [0.2, 0.25) is 0 Å². The Hall–Kier alpha value is -1.95. The van der Waals surface area contributed by atoms with Crippen LogP contribution in [0.1, 0.15) is 17.3 Å². The normalized spacial score (nSPS) is 12.8. The van der Waals surface area contributed by atoms with E-state index in [4.69, 9.17) is 15.2 Å². The fourth-order valence-corrected chi connectivity index (χ4v) is 1.77. The van der Waals surface area contributed by atoms with Crippen molar-refractivity contribution in [2.45, 2.75) is 6.92 Å². The number of fused-ring (bicyclic) bond motifs is 1. The third-order valence-electron chi connectivity index (χ3n) is 3.11. The minimum Gasteiger partial charge on any atom is -0.454 e. The van der Waals surface area contributed by atoms with Crippen LogP contribution in [0.25, 0.3) is 0 Å². The number of hydrogen-bond donors (Lipinski definition) is 2. The summed E-state index contributed by atoms with van der Waals surface area (Å²) in [5.41, 5.74) is 6.66. The number of carbonyl (C=O) groups is 1. The molecule has 1 aliphatic rings. The molecule has 19 heavy (non-hydrogen) atoms. The van der Waals surface area contributed by atoms with Crippen LogP contribution >= 0.6 is 0 Å². The van der Waals surface area contributed by atoms with Gasteiger partial charge in [0.1, 0.15) is 0 Å². The molecule has 0 atom stereocenters. The third kappa shape index (κ3) is 3.08. The molecule has 1 aromatic rings. The topological polar surface area (TPSA) is 76.8 Å². The first-order valence-corrected chi connectivity index (χ1v) is 6.27. The second-order valence-electron chi connectivity index (χ2n) is 4.44. The van der Waals surface area contributed by atoms with Gasteiger partial charge in [-0.25, -0.2) is 0 Å². The molecule has 1 amide bonds. The Morgan fingerprint density at radius 2 is 2.11 bits per heavy atom. The summed E-state index contributed by atoms with van der Waals surface area (Å²) in [5, 5.41) is 2.84. The SMILES string of the molecule is CCN(C)CCNC(=O)c1cc2c(cc1N)OCO2. The summed E-state index contributed by atoms with van der Waals surface area (Å²) >= 11 is 0. The van der Waals surface area contributed by atoms with Crippen molar-refractivity contribution in [3.05, 3.63) is 17.7 Å². The lowest BCUT2D eigenvalue weighted by Gasteiger charge is -2.14. The van der Waals surface area contributed by atoms with Crippen molar-refractivity contribution in [3.8, 4) is 11.5 Å². The average molecular weight is 265 g/mol. The number of anilines is 1. The van der Waals surface area contributed by atoms with Gasteiger partial charge < -0.3 is 25.4 Å². The molecule has 1 heterocycles. The molecule has 0 unspecified atom stereocenters. The van der Waals surface area contributed by atoms with Crippen molar-refractivity contribution in [2.24, 2.45) is 0 Å². The van der Waals surface area contributed by atoms with E-state index in [-0.39, 0.29) is 12.7 Å². The number of amides is 1. The molecule has 6 heteroatoms. The summed E-state index contributed by atoms with van der Waals surface area (Å²) in [6.07, 6.45) is 0. The standard InChI is InChI=1S/C13H19N3O3/c1-3-16(2)5-4-15-13(17)9-6-11-12(7-10(9)14)19-8-18-11/h6-7H,3-5,8,14H2,1-2H3,(H,15,17). The van der Waals surface area contributed by atoms with Crippen LogP contribution in [0.3, 0.4) is 0 Å². The number of nitrogens with two attached hydrogens (primary N) is 1. The fourth-order valence-electron chi connectivity index (χ4n) is 1.77. The van der Waals surface area contributed by atoms with Gasteiger partial charge in [0.25, 0.3) is 5.91 Å². The maximum atomic E-state index is 12.0. The van der Waals surface area contributed by atoms with Gasteiger partial charge in [-0.3, -0.25) is 4.79 Å². The number of hydrogen-bond acceptors (Lipinski definition) is 5. The van der Waals surface area contributed by atoms with Gasteiger partial charge in [0.2, 0.25) is 6.79 Å². The number of nitrogens with zero attached hydrogens (tertiary/aromatic N) is 1. The zero-order valence-electron chi connectivity index (χ0n) is 11.2. The number of benzene rings is 1. The number of carbonyl (C=O) groups excluding carboxylic acids is 1. The fraction of sp³-hybridized carbons (Fsp3) is 0.462. The Bertz CT molecular complexity index is 476. The maximum Gasteiger partial charge on any atom is 0.253 e. The van der Waals surface area contributed by atoms with Gasteiger partial charge in [-0.1, -0.05) is 6.92 Å². The first kappa shape index (κ1) is 13.5. The van der Waals surface area contributed by atoms with Crippen molar-refractivity contribution in [3.63, 3.8) is 0 Å². The lowest BCUT2D eigenvalue weighted by molar-refractivity contribution is 0.0950. The van der Waals surface area contributed by atoms with Crippen LogP contribution in [-0.4, -0.2) is 44.3 Å². The molecular formula is C13H19N3O3. The summed E-state index contributed by atoms with van der Waals surface area (Å²) in [5.74, 6) is 0.949. The summed E-state index contributed by atoms with van der Waals surface area (Å²) in [6, 6.07) is 3.24. The van der Waals surface area contributed by atoms with Crippen molar-refractivity contribution >= 4 is 11.6 Å². The van der Waals surface area contributed by atoms with Crippen molar-refractivity contribution < 1.29 is 14.3 Å². The van der Waals surface area contributed by atoms with Gasteiger partial charge in [-0.15, -0.1) is 0 Å². The molecule has 0 fully saturated rings. The second-order valence-corrected chi connectivity index (χ2v) is 4.44. The monoisotopic (exact) mass is 265 g/mol. The largest absolute Gasteiger partial charge is 0.454 e. The average Bonchev–Trinajstić information content (AvgIpc) is 2.84. The van der Waals surface area contributed by atoms with Gasteiger partial charge in [-0.05, 0) is 19.7 Å². The molecule has 0 saturated carbocycles.